The van der Waals surface area contributed by atoms with Gasteiger partial charge >= 0.3 is 6.11 Å². The summed E-state index contributed by atoms with van der Waals surface area (Å²) < 4.78 is 62.7. The molecule has 1 atom stereocenters. The zero-order valence-corrected chi connectivity index (χ0v) is 20.5. The molecule has 1 nitrogen and oxygen atoms in total. The van der Waals surface area contributed by atoms with Gasteiger partial charge < -0.3 is 4.74 Å². The van der Waals surface area contributed by atoms with Crippen LogP contribution >= 0.6 is 0 Å². The number of hydrogen-bond acceptors (Lipinski definition) is 1. The first-order valence-corrected chi connectivity index (χ1v) is 12.9. The Bertz CT molecular complexity index is 872. The molecule has 0 bridgehead atoms. The molecule has 0 spiro atoms. The standard InChI is InChI=1S/C29H38F4O/c1-3-5-6-8-22-9-14-24(15-10-22)26-18-13-23(19-27(26)30)20-34-29(32,33)28(31)25-16-11-21(7-4-2)12-17-25/h11-13,16-19,22,24,28H,3-10,14-15,20H2,1-2H3. The smallest absolute Gasteiger partial charge is 0.313 e. The van der Waals surface area contributed by atoms with E-state index >= 15 is 0 Å². The molecule has 5 heteroatoms. The van der Waals surface area contributed by atoms with Crippen molar-refractivity contribution >= 4 is 0 Å². The SMILES string of the molecule is CCCCCC1CCC(c2ccc(COC(F)(F)C(F)c3ccc(CCC)cc3)cc2F)CC1. The summed E-state index contributed by atoms with van der Waals surface area (Å²) in [5.74, 6) is 0.518. The Morgan fingerprint density at radius 3 is 2.21 bits per heavy atom. The van der Waals surface area contributed by atoms with Crippen molar-refractivity contribution in [2.24, 2.45) is 5.92 Å². The van der Waals surface area contributed by atoms with E-state index in [4.69, 9.17) is 0 Å². The molecule has 0 saturated heterocycles. The summed E-state index contributed by atoms with van der Waals surface area (Å²) in [6.45, 7) is 3.67. The van der Waals surface area contributed by atoms with Crippen molar-refractivity contribution in [1.82, 2.24) is 0 Å². The van der Waals surface area contributed by atoms with E-state index < -0.39 is 18.9 Å². The molecule has 3 rings (SSSR count). The number of halogens is 4. The molecule has 1 saturated carbocycles. The Kier molecular flexibility index (Phi) is 9.99. The molecule has 1 fully saturated rings. The molecule has 0 amide bonds. The maximum atomic E-state index is 14.8. The normalized spacial score (nSPS) is 19.8. The molecule has 2 aromatic rings. The molecule has 34 heavy (non-hydrogen) atoms. The maximum Gasteiger partial charge on any atom is 0.391 e. The molecule has 0 aliphatic heterocycles. The van der Waals surface area contributed by atoms with E-state index in [0.29, 0.717) is 5.56 Å². The lowest BCUT2D eigenvalue weighted by atomic mass is 9.77. The molecular weight excluding hydrogens is 440 g/mol. The van der Waals surface area contributed by atoms with Crippen LogP contribution in [-0.4, -0.2) is 6.11 Å². The van der Waals surface area contributed by atoms with Crippen LogP contribution in [-0.2, 0) is 17.8 Å². The Labute approximate surface area is 201 Å². The minimum atomic E-state index is -4.00. The quantitative estimate of drug-likeness (QED) is 0.218. The molecule has 0 radical (unpaired) electrons. The van der Waals surface area contributed by atoms with Gasteiger partial charge in [0.25, 0.3) is 0 Å². The van der Waals surface area contributed by atoms with E-state index in [1.165, 1.54) is 43.9 Å². The van der Waals surface area contributed by atoms with Crippen LogP contribution < -0.4 is 0 Å². The number of rotatable bonds is 12. The molecule has 1 unspecified atom stereocenters. The van der Waals surface area contributed by atoms with Gasteiger partial charge in [0, 0.05) is 0 Å². The first-order chi connectivity index (χ1) is 16.3. The highest BCUT2D eigenvalue weighted by Gasteiger charge is 2.42. The summed E-state index contributed by atoms with van der Waals surface area (Å²) in [5.41, 5.74) is 1.78. The third kappa shape index (κ3) is 7.31. The minimum absolute atomic E-state index is 0.128. The van der Waals surface area contributed by atoms with Crippen molar-refractivity contribution in [1.29, 1.82) is 0 Å². The fourth-order valence-corrected chi connectivity index (χ4v) is 5.03. The number of unbranched alkanes of at least 4 members (excludes halogenated alkanes) is 2. The molecule has 0 aromatic heterocycles. The first kappa shape index (κ1) is 26.7. The van der Waals surface area contributed by atoms with Crippen molar-refractivity contribution < 1.29 is 22.3 Å². The zero-order chi connectivity index (χ0) is 24.6. The van der Waals surface area contributed by atoms with Gasteiger partial charge in [-0.3, -0.25) is 0 Å². The number of ether oxygens (including phenoxy) is 1. The van der Waals surface area contributed by atoms with E-state index in [1.807, 2.05) is 6.92 Å². The number of aryl methyl sites for hydroxylation is 1. The lowest BCUT2D eigenvalue weighted by Gasteiger charge is -2.29. The van der Waals surface area contributed by atoms with Crippen LogP contribution in [0.5, 0.6) is 0 Å². The molecular formula is C29H38F4O. The third-order valence-electron chi connectivity index (χ3n) is 7.10. The fourth-order valence-electron chi connectivity index (χ4n) is 5.03. The number of alkyl halides is 3. The van der Waals surface area contributed by atoms with Crippen molar-refractivity contribution in [3.63, 3.8) is 0 Å². The third-order valence-corrected chi connectivity index (χ3v) is 7.10. The zero-order valence-electron chi connectivity index (χ0n) is 20.5. The Morgan fingerprint density at radius 1 is 0.912 bits per heavy atom. The summed E-state index contributed by atoms with van der Waals surface area (Å²) in [4.78, 5) is 0. The number of hydrogen-bond donors (Lipinski definition) is 0. The van der Waals surface area contributed by atoms with Crippen LogP contribution in [0.15, 0.2) is 42.5 Å². The summed E-state index contributed by atoms with van der Waals surface area (Å²) in [6.07, 6.45) is 4.31. The second kappa shape index (κ2) is 12.7. The van der Waals surface area contributed by atoms with Crippen molar-refractivity contribution in [3.8, 4) is 0 Å². The van der Waals surface area contributed by atoms with Gasteiger partial charge in [0.15, 0.2) is 0 Å². The lowest BCUT2D eigenvalue weighted by molar-refractivity contribution is -0.282. The van der Waals surface area contributed by atoms with E-state index in [2.05, 4.69) is 11.7 Å². The van der Waals surface area contributed by atoms with Gasteiger partial charge in [-0.1, -0.05) is 82.3 Å². The average Bonchev–Trinajstić information content (AvgIpc) is 2.84. The van der Waals surface area contributed by atoms with Gasteiger partial charge in [0.2, 0.25) is 6.17 Å². The Morgan fingerprint density at radius 2 is 1.59 bits per heavy atom. The highest BCUT2D eigenvalue weighted by Crippen LogP contribution is 2.40. The summed E-state index contributed by atoms with van der Waals surface area (Å²) in [6, 6.07) is 10.6. The number of benzene rings is 2. The monoisotopic (exact) mass is 478 g/mol. The molecule has 0 heterocycles. The van der Waals surface area contributed by atoms with Crippen molar-refractivity contribution in [3.05, 3.63) is 70.5 Å². The summed E-state index contributed by atoms with van der Waals surface area (Å²) in [5, 5.41) is 0. The summed E-state index contributed by atoms with van der Waals surface area (Å²) in [7, 11) is 0. The largest absolute Gasteiger partial charge is 0.391 e. The average molecular weight is 479 g/mol. The van der Waals surface area contributed by atoms with Gasteiger partial charge in [-0.15, -0.1) is 0 Å². The second-order valence-corrected chi connectivity index (χ2v) is 9.77. The van der Waals surface area contributed by atoms with Gasteiger partial charge in [-0.05, 0) is 72.3 Å². The second-order valence-electron chi connectivity index (χ2n) is 9.77. The highest BCUT2D eigenvalue weighted by molar-refractivity contribution is 5.28. The van der Waals surface area contributed by atoms with Crippen LogP contribution in [0.1, 0.15) is 106 Å². The molecule has 0 N–H and O–H groups in total. The van der Waals surface area contributed by atoms with Crippen molar-refractivity contribution in [2.45, 2.75) is 103 Å². The van der Waals surface area contributed by atoms with Crippen LogP contribution in [0.4, 0.5) is 17.6 Å². The highest BCUT2D eigenvalue weighted by atomic mass is 19.3. The van der Waals surface area contributed by atoms with Crippen LogP contribution in [0, 0.1) is 11.7 Å². The topological polar surface area (TPSA) is 9.23 Å². The molecule has 188 valence electrons. The van der Waals surface area contributed by atoms with Gasteiger partial charge in [0.1, 0.15) is 5.82 Å². The molecule has 1 aliphatic carbocycles. The maximum absolute atomic E-state index is 14.8. The van der Waals surface area contributed by atoms with E-state index in [0.717, 1.165) is 50.0 Å². The Balaban J connectivity index is 1.53. The predicted octanol–water partition coefficient (Wildman–Crippen LogP) is 9.45. The lowest BCUT2D eigenvalue weighted by Crippen LogP contribution is -2.27. The Hall–Kier alpha value is -1.88. The van der Waals surface area contributed by atoms with Gasteiger partial charge in [-0.25, -0.2) is 8.78 Å². The van der Waals surface area contributed by atoms with E-state index in [1.54, 1.807) is 24.3 Å². The fraction of sp³-hybridized carbons (Fsp3) is 0.586. The van der Waals surface area contributed by atoms with E-state index in [-0.39, 0.29) is 22.9 Å². The minimum Gasteiger partial charge on any atom is -0.313 e. The van der Waals surface area contributed by atoms with Crippen molar-refractivity contribution in [2.75, 3.05) is 0 Å². The van der Waals surface area contributed by atoms with E-state index in [9.17, 15) is 17.6 Å². The molecule has 1 aliphatic rings. The first-order valence-electron chi connectivity index (χ1n) is 12.9. The predicted molar refractivity (Wildman–Crippen MR) is 129 cm³/mol. The van der Waals surface area contributed by atoms with Crippen LogP contribution in [0.2, 0.25) is 0 Å². The van der Waals surface area contributed by atoms with Crippen LogP contribution in [0.3, 0.4) is 0 Å². The molecule has 2 aromatic carbocycles. The van der Waals surface area contributed by atoms with Gasteiger partial charge in [0.05, 0.1) is 6.61 Å². The van der Waals surface area contributed by atoms with Gasteiger partial charge in [-0.2, -0.15) is 8.78 Å². The van der Waals surface area contributed by atoms with Crippen LogP contribution in [0.25, 0.3) is 0 Å². The summed E-state index contributed by atoms with van der Waals surface area (Å²) >= 11 is 0.